The quantitative estimate of drug-likeness (QED) is 0.498. The van der Waals surface area contributed by atoms with Gasteiger partial charge in [-0.1, -0.05) is 46.9 Å². The molecule has 0 saturated heterocycles. The van der Waals surface area contributed by atoms with Gasteiger partial charge in [0.1, 0.15) is 11.2 Å². The van der Waals surface area contributed by atoms with E-state index < -0.39 is 17.2 Å². The number of rotatable bonds is 2. The number of nitrogens with one attached hydrogen (secondary N) is 2. The number of hydrogen-bond donors (Lipinski definition) is 4. The number of carbonyl (C=O) groups excluding carboxylic acids is 1. The van der Waals surface area contributed by atoms with E-state index in [9.17, 15) is 15.0 Å². The van der Waals surface area contributed by atoms with Crippen molar-refractivity contribution in [1.29, 1.82) is 0 Å². The molecule has 0 spiro atoms. The molecule has 0 heterocycles. The molecule has 2 aromatic carbocycles. The van der Waals surface area contributed by atoms with Crippen molar-refractivity contribution in [2.24, 2.45) is 0 Å². The Balaban J connectivity index is 2.29. The SMILES string of the molecule is CC(C)(O)C#Cc1cc(Cl)ccc1NC(=O)Nc1ccc(Cl)cc1C#CC(C)(C)O. The Labute approximate surface area is 186 Å². The van der Waals surface area contributed by atoms with E-state index in [-0.39, 0.29) is 0 Å². The molecule has 0 saturated carbocycles. The van der Waals surface area contributed by atoms with Crippen molar-refractivity contribution in [1.82, 2.24) is 0 Å². The minimum atomic E-state index is -1.20. The number of halogens is 2. The highest BCUT2D eigenvalue weighted by Gasteiger charge is 2.12. The monoisotopic (exact) mass is 444 g/mol. The average Bonchev–Trinajstić information content (AvgIpc) is 2.60. The van der Waals surface area contributed by atoms with Crippen LogP contribution >= 0.6 is 23.2 Å². The molecule has 2 rings (SSSR count). The van der Waals surface area contributed by atoms with Crippen LogP contribution in [0, 0.1) is 23.7 Å². The van der Waals surface area contributed by atoms with Crippen molar-refractivity contribution in [2.45, 2.75) is 38.9 Å². The van der Waals surface area contributed by atoms with E-state index in [0.717, 1.165) is 0 Å². The number of hydrogen-bond acceptors (Lipinski definition) is 3. The van der Waals surface area contributed by atoms with Crippen molar-refractivity contribution in [3.05, 3.63) is 57.6 Å². The van der Waals surface area contributed by atoms with Crippen LogP contribution < -0.4 is 10.6 Å². The lowest BCUT2D eigenvalue weighted by atomic mass is 10.1. The van der Waals surface area contributed by atoms with Crippen molar-refractivity contribution in [3.8, 4) is 23.7 Å². The predicted molar refractivity (Wildman–Crippen MR) is 122 cm³/mol. The Hall–Kier alpha value is -2.67. The Kier molecular flexibility index (Phi) is 7.42. The second-order valence-electron chi connectivity index (χ2n) is 7.58. The molecule has 0 fully saturated rings. The van der Waals surface area contributed by atoms with Gasteiger partial charge in [0.25, 0.3) is 0 Å². The number of aliphatic hydroxyl groups is 2. The molecule has 0 radical (unpaired) electrons. The maximum atomic E-state index is 12.6. The van der Waals surface area contributed by atoms with Gasteiger partial charge < -0.3 is 20.8 Å². The molecule has 156 valence electrons. The molecule has 0 aliphatic heterocycles. The third-order valence-electron chi connectivity index (χ3n) is 3.47. The second-order valence-corrected chi connectivity index (χ2v) is 8.45. The molecule has 0 atom stereocenters. The number of benzene rings is 2. The van der Waals surface area contributed by atoms with Gasteiger partial charge >= 0.3 is 6.03 Å². The van der Waals surface area contributed by atoms with Crippen LogP contribution in [-0.2, 0) is 0 Å². The average molecular weight is 445 g/mol. The highest BCUT2D eigenvalue weighted by atomic mass is 35.5. The molecule has 30 heavy (non-hydrogen) atoms. The van der Waals surface area contributed by atoms with Crippen LogP contribution in [0.3, 0.4) is 0 Å². The summed E-state index contributed by atoms with van der Waals surface area (Å²) in [6, 6.07) is 9.14. The molecular weight excluding hydrogens is 423 g/mol. The summed E-state index contributed by atoms with van der Waals surface area (Å²) < 4.78 is 0. The molecule has 0 unspecified atom stereocenters. The number of amides is 2. The van der Waals surface area contributed by atoms with E-state index in [1.165, 1.54) is 0 Å². The zero-order chi connectivity index (χ0) is 22.5. The Bertz CT molecular complexity index is 991. The molecule has 7 heteroatoms. The normalized spacial score (nSPS) is 10.9. The van der Waals surface area contributed by atoms with Gasteiger partial charge in [-0.15, -0.1) is 0 Å². The highest BCUT2D eigenvalue weighted by molar-refractivity contribution is 6.31. The fraction of sp³-hybridized carbons (Fsp3) is 0.261. The lowest BCUT2D eigenvalue weighted by Crippen LogP contribution is -2.21. The first-order valence-corrected chi connectivity index (χ1v) is 9.76. The van der Waals surface area contributed by atoms with Crippen LogP contribution in [-0.4, -0.2) is 27.4 Å². The van der Waals surface area contributed by atoms with Gasteiger partial charge in [-0.3, -0.25) is 0 Å². The van der Waals surface area contributed by atoms with Crippen molar-refractivity contribution >= 4 is 40.6 Å². The number of carbonyl (C=O) groups is 1. The van der Waals surface area contributed by atoms with E-state index in [1.54, 1.807) is 64.1 Å². The van der Waals surface area contributed by atoms with Crippen LogP contribution in [0.2, 0.25) is 10.0 Å². The zero-order valence-corrected chi connectivity index (χ0v) is 18.5. The molecular formula is C23H22Cl2N2O3. The summed E-state index contributed by atoms with van der Waals surface area (Å²) in [5, 5.41) is 26.0. The van der Waals surface area contributed by atoms with E-state index >= 15 is 0 Å². The first kappa shape index (κ1) is 23.6. The summed E-state index contributed by atoms with van der Waals surface area (Å²) in [5.74, 6) is 11.0. The van der Waals surface area contributed by atoms with E-state index in [0.29, 0.717) is 32.5 Å². The number of urea groups is 1. The molecule has 2 amide bonds. The summed E-state index contributed by atoms with van der Waals surface area (Å²) in [7, 11) is 0. The first-order valence-electron chi connectivity index (χ1n) is 9.01. The van der Waals surface area contributed by atoms with Crippen LogP contribution in [0.4, 0.5) is 16.2 Å². The van der Waals surface area contributed by atoms with Gasteiger partial charge in [0, 0.05) is 21.2 Å². The van der Waals surface area contributed by atoms with Gasteiger partial charge in [-0.2, -0.15) is 0 Å². The van der Waals surface area contributed by atoms with E-state index in [1.807, 2.05) is 0 Å². The smallest absolute Gasteiger partial charge is 0.323 e. The van der Waals surface area contributed by atoms with Gasteiger partial charge in [0.15, 0.2) is 0 Å². The van der Waals surface area contributed by atoms with Gasteiger partial charge in [-0.25, -0.2) is 4.79 Å². The molecule has 0 aliphatic rings. The van der Waals surface area contributed by atoms with Crippen LogP contribution in [0.1, 0.15) is 38.8 Å². The topological polar surface area (TPSA) is 81.6 Å². The summed E-state index contributed by atoms with van der Waals surface area (Å²) >= 11 is 12.1. The van der Waals surface area contributed by atoms with Crippen LogP contribution in [0.15, 0.2) is 36.4 Å². The largest absolute Gasteiger partial charge is 0.378 e. The minimum absolute atomic E-state index is 0.423. The fourth-order valence-corrected chi connectivity index (χ4v) is 2.52. The summed E-state index contributed by atoms with van der Waals surface area (Å²) in [5.41, 5.74) is -0.632. The molecule has 0 bridgehead atoms. The lowest BCUT2D eigenvalue weighted by molar-refractivity contribution is 0.143. The van der Waals surface area contributed by atoms with Crippen molar-refractivity contribution in [2.75, 3.05) is 10.6 Å². The van der Waals surface area contributed by atoms with Crippen LogP contribution in [0.5, 0.6) is 0 Å². The van der Waals surface area contributed by atoms with Gasteiger partial charge in [-0.05, 0) is 64.1 Å². The minimum Gasteiger partial charge on any atom is -0.378 e. The molecule has 0 aliphatic carbocycles. The van der Waals surface area contributed by atoms with Gasteiger partial charge in [0.2, 0.25) is 0 Å². The zero-order valence-electron chi connectivity index (χ0n) is 17.0. The maximum Gasteiger partial charge on any atom is 0.323 e. The fourth-order valence-electron chi connectivity index (χ4n) is 2.17. The predicted octanol–water partition coefficient (Wildman–Crippen LogP) is 4.88. The molecule has 0 aromatic heterocycles. The standard InChI is InChI=1S/C23H22Cl2N2O3/c1-22(2,29)11-9-15-13-17(24)5-7-19(15)26-21(28)27-20-8-6-18(25)14-16(20)10-12-23(3,4)30/h5-8,13-14,29-30H,1-4H3,(H2,26,27,28). The molecule has 5 nitrogen and oxygen atoms in total. The number of anilines is 2. The lowest BCUT2D eigenvalue weighted by Gasteiger charge is -2.12. The Morgan fingerprint density at radius 3 is 1.50 bits per heavy atom. The summed E-state index contributed by atoms with van der Waals surface area (Å²) in [6.07, 6.45) is 0. The Morgan fingerprint density at radius 2 is 1.17 bits per heavy atom. The third kappa shape index (κ3) is 7.99. The van der Waals surface area contributed by atoms with E-state index in [2.05, 4.69) is 34.3 Å². The highest BCUT2D eigenvalue weighted by Crippen LogP contribution is 2.23. The molecule has 2 aromatic rings. The van der Waals surface area contributed by atoms with E-state index in [4.69, 9.17) is 23.2 Å². The maximum absolute atomic E-state index is 12.6. The summed E-state index contributed by atoms with van der Waals surface area (Å²) in [4.78, 5) is 12.6. The summed E-state index contributed by atoms with van der Waals surface area (Å²) in [6.45, 7) is 6.23. The van der Waals surface area contributed by atoms with Crippen LogP contribution in [0.25, 0.3) is 0 Å². The van der Waals surface area contributed by atoms with Crippen molar-refractivity contribution in [3.63, 3.8) is 0 Å². The molecule has 4 N–H and O–H groups in total. The second kappa shape index (κ2) is 9.43. The third-order valence-corrected chi connectivity index (χ3v) is 3.94. The van der Waals surface area contributed by atoms with Crippen molar-refractivity contribution < 1.29 is 15.0 Å². The van der Waals surface area contributed by atoms with Gasteiger partial charge in [0.05, 0.1) is 11.4 Å². The Morgan fingerprint density at radius 1 is 0.800 bits per heavy atom. The first-order chi connectivity index (χ1) is 13.8.